The van der Waals surface area contributed by atoms with Crippen molar-refractivity contribution in [1.29, 1.82) is 0 Å². The van der Waals surface area contributed by atoms with Gasteiger partial charge in [-0.25, -0.2) is 4.98 Å². The van der Waals surface area contributed by atoms with Crippen molar-refractivity contribution in [2.24, 2.45) is 5.92 Å². The number of amides is 2. The largest absolute Gasteiger partial charge is 0.486 e. The number of fused-ring (bicyclic) bond motifs is 1. The zero-order chi connectivity index (χ0) is 25.7. The minimum Gasteiger partial charge on any atom is -0.486 e. The van der Waals surface area contributed by atoms with Crippen LogP contribution in [0, 0.1) is 12.8 Å². The SMILES string of the molecule is C=CCNC(=O)c1csc(COc2ccc3c(c2)C(c2ccc(C)cc2)N(C(=O)CC(C)C)CC3)n1. The molecule has 1 aromatic heterocycles. The average molecular weight is 504 g/mol. The van der Waals surface area contributed by atoms with E-state index >= 15 is 0 Å². The normalized spacial score (nSPS) is 14.9. The van der Waals surface area contributed by atoms with Crippen LogP contribution in [-0.2, 0) is 17.8 Å². The van der Waals surface area contributed by atoms with Crippen LogP contribution in [0.4, 0.5) is 0 Å². The molecule has 1 atom stereocenters. The predicted molar refractivity (Wildman–Crippen MR) is 143 cm³/mol. The third-order valence-corrected chi connectivity index (χ3v) is 7.02. The van der Waals surface area contributed by atoms with E-state index in [1.807, 2.05) is 11.0 Å². The first-order chi connectivity index (χ1) is 17.4. The van der Waals surface area contributed by atoms with E-state index < -0.39 is 0 Å². The summed E-state index contributed by atoms with van der Waals surface area (Å²) in [4.78, 5) is 31.8. The van der Waals surface area contributed by atoms with Gasteiger partial charge in [0.25, 0.3) is 5.91 Å². The van der Waals surface area contributed by atoms with Gasteiger partial charge < -0.3 is 15.0 Å². The monoisotopic (exact) mass is 503 g/mol. The molecule has 0 aliphatic carbocycles. The van der Waals surface area contributed by atoms with Crippen molar-refractivity contribution in [1.82, 2.24) is 15.2 Å². The van der Waals surface area contributed by atoms with Gasteiger partial charge in [0.05, 0.1) is 6.04 Å². The zero-order valence-corrected chi connectivity index (χ0v) is 21.9. The molecule has 1 N–H and O–H groups in total. The van der Waals surface area contributed by atoms with E-state index in [9.17, 15) is 9.59 Å². The molecule has 2 aromatic carbocycles. The van der Waals surface area contributed by atoms with Gasteiger partial charge in [-0.05, 0) is 48.1 Å². The molecule has 188 valence electrons. The van der Waals surface area contributed by atoms with Crippen molar-refractivity contribution in [3.8, 4) is 5.75 Å². The van der Waals surface area contributed by atoms with Crippen molar-refractivity contribution in [3.05, 3.63) is 93.5 Å². The van der Waals surface area contributed by atoms with Crippen molar-refractivity contribution in [2.45, 2.75) is 46.3 Å². The fraction of sp³-hybridized carbons (Fsp3) is 0.345. The molecule has 0 fully saturated rings. The second-order valence-electron chi connectivity index (χ2n) is 9.52. The van der Waals surface area contributed by atoms with Crippen LogP contribution < -0.4 is 10.1 Å². The van der Waals surface area contributed by atoms with Gasteiger partial charge in [-0.15, -0.1) is 17.9 Å². The summed E-state index contributed by atoms with van der Waals surface area (Å²) in [5.74, 6) is 0.974. The number of carbonyl (C=O) groups excluding carboxylic acids is 2. The molecular weight excluding hydrogens is 470 g/mol. The lowest BCUT2D eigenvalue weighted by atomic mass is 9.87. The van der Waals surface area contributed by atoms with Gasteiger partial charge in [0.1, 0.15) is 23.1 Å². The Kier molecular flexibility index (Phi) is 8.21. The average Bonchev–Trinajstić information content (AvgIpc) is 3.34. The number of aryl methyl sites for hydroxylation is 1. The number of ether oxygens (including phenoxy) is 1. The summed E-state index contributed by atoms with van der Waals surface area (Å²) >= 11 is 1.39. The standard InChI is InChI=1S/C29H33N3O3S/c1-5-13-30-29(34)25-18-36-26(31-25)17-35-23-11-10-21-12-14-32(27(33)15-19(2)3)28(24(21)16-23)22-8-6-20(4)7-9-22/h5-11,16,18-19,28H,1,12-15,17H2,2-4H3,(H,30,34). The highest BCUT2D eigenvalue weighted by Crippen LogP contribution is 2.38. The summed E-state index contributed by atoms with van der Waals surface area (Å²) in [6.07, 6.45) is 2.98. The molecule has 0 saturated heterocycles. The van der Waals surface area contributed by atoms with E-state index in [1.165, 1.54) is 22.5 Å². The Balaban J connectivity index is 1.57. The first kappa shape index (κ1) is 25.6. The number of benzene rings is 2. The second kappa shape index (κ2) is 11.5. The van der Waals surface area contributed by atoms with E-state index in [2.05, 4.69) is 74.0 Å². The van der Waals surface area contributed by atoms with Crippen LogP contribution in [0.1, 0.15) is 64.1 Å². The summed E-state index contributed by atoms with van der Waals surface area (Å²) in [6, 6.07) is 14.4. The van der Waals surface area contributed by atoms with E-state index in [1.54, 1.807) is 11.5 Å². The fourth-order valence-electron chi connectivity index (χ4n) is 4.41. The number of aromatic nitrogens is 1. The van der Waals surface area contributed by atoms with E-state index in [0.717, 1.165) is 28.3 Å². The van der Waals surface area contributed by atoms with Crippen LogP contribution in [0.3, 0.4) is 0 Å². The van der Waals surface area contributed by atoms with Crippen LogP contribution in [0.15, 0.2) is 60.5 Å². The van der Waals surface area contributed by atoms with Gasteiger partial charge >= 0.3 is 0 Å². The van der Waals surface area contributed by atoms with Gasteiger partial charge in [0.15, 0.2) is 0 Å². The van der Waals surface area contributed by atoms with Crippen molar-refractivity contribution in [2.75, 3.05) is 13.1 Å². The maximum absolute atomic E-state index is 13.2. The highest BCUT2D eigenvalue weighted by atomic mass is 32.1. The molecule has 0 radical (unpaired) electrons. The van der Waals surface area contributed by atoms with Gasteiger partial charge in [-0.2, -0.15) is 0 Å². The minimum absolute atomic E-state index is 0.149. The molecule has 36 heavy (non-hydrogen) atoms. The highest BCUT2D eigenvalue weighted by Gasteiger charge is 2.32. The summed E-state index contributed by atoms with van der Waals surface area (Å²) in [5, 5.41) is 5.19. The highest BCUT2D eigenvalue weighted by molar-refractivity contribution is 7.09. The van der Waals surface area contributed by atoms with E-state index in [4.69, 9.17) is 4.74 Å². The minimum atomic E-state index is -0.224. The topological polar surface area (TPSA) is 71.5 Å². The third kappa shape index (κ3) is 6.02. The first-order valence-corrected chi connectivity index (χ1v) is 13.2. The molecule has 0 bridgehead atoms. The number of nitrogens with zero attached hydrogens (tertiary/aromatic N) is 2. The van der Waals surface area contributed by atoms with Gasteiger partial charge in [-0.1, -0.05) is 55.8 Å². The Morgan fingerprint density at radius 2 is 2.03 bits per heavy atom. The quantitative estimate of drug-likeness (QED) is 0.393. The fourth-order valence-corrected chi connectivity index (χ4v) is 5.09. The molecule has 1 aliphatic heterocycles. The Bertz CT molecular complexity index is 1230. The van der Waals surface area contributed by atoms with Crippen molar-refractivity contribution >= 4 is 23.2 Å². The van der Waals surface area contributed by atoms with Crippen LogP contribution in [0.2, 0.25) is 0 Å². The summed E-state index contributed by atoms with van der Waals surface area (Å²) in [7, 11) is 0. The number of nitrogens with one attached hydrogen (secondary N) is 1. The Hall–Kier alpha value is -3.45. The smallest absolute Gasteiger partial charge is 0.271 e. The molecule has 2 amide bonds. The zero-order valence-electron chi connectivity index (χ0n) is 21.1. The van der Waals surface area contributed by atoms with Crippen molar-refractivity contribution < 1.29 is 14.3 Å². The second-order valence-corrected chi connectivity index (χ2v) is 10.5. The Morgan fingerprint density at radius 1 is 1.25 bits per heavy atom. The Labute approximate surface area is 217 Å². The number of hydrogen-bond acceptors (Lipinski definition) is 5. The molecule has 1 unspecified atom stereocenters. The number of rotatable bonds is 9. The van der Waals surface area contributed by atoms with Crippen LogP contribution in [0.25, 0.3) is 0 Å². The lowest BCUT2D eigenvalue weighted by Crippen LogP contribution is -2.41. The lowest BCUT2D eigenvalue weighted by molar-refractivity contribution is -0.134. The summed E-state index contributed by atoms with van der Waals surface area (Å²) in [6.45, 7) is 11.2. The maximum atomic E-state index is 13.2. The lowest BCUT2D eigenvalue weighted by Gasteiger charge is -2.38. The summed E-state index contributed by atoms with van der Waals surface area (Å²) < 4.78 is 6.09. The molecule has 4 rings (SSSR count). The number of carbonyl (C=O) groups is 2. The number of hydrogen-bond donors (Lipinski definition) is 1. The molecular formula is C29H33N3O3S. The molecule has 2 heterocycles. The van der Waals surface area contributed by atoms with Gasteiger partial charge in [0, 0.05) is 24.9 Å². The molecule has 0 saturated carbocycles. The molecule has 7 heteroatoms. The first-order valence-electron chi connectivity index (χ1n) is 12.3. The van der Waals surface area contributed by atoms with Crippen LogP contribution in [-0.4, -0.2) is 34.8 Å². The van der Waals surface area contributed by atoms with Crippen molar-refractivity contribution in [3.63, 3.8) is 0 Å². The van der Waals surface area contributed by atoms with Gasteiger partial charge in [-0.3, -0.25) is 9.59 Å². The van der Waals surface area contributed by atoms with E-state index in [0.29, 0.717) is 31.1 Å². The maximum Gasteiger partial charge on any atom is 0.271 e. The molecule has 1 aliphatic rings. The van der Waals surface area contributed by atoms with Gasteiger partial charge in [0.2, 0.25) is 5.91 Å². The number of thiazole rings is 1. The summed E-state index contributed by atoms with van der Waals surface area (Å²) in [5.41, 5.74) is 5.00. The van der Waals surface area contributed by atoms with Crippen LogP contribution in [0.5, 0.6) is 5.75 Å². The predicted octanol–water partition coefficient (Wildman–Crippen LogP) is 5.47. The van der Waals surface area contributed by atoms with E-state index in [-0.39, 0.29) is 24.5 Å². The van der Waals surface area contributed by atoms with Crippen LogP contribution >= 0.6 is 11.3 Å². The molecule has 0 spiro atoms. The Morgan fingerprint density at radius 3 is 2.75 bits per heavy atom. The third-order valence-electron chi connectivity index (χ3n) is 6.20. The molecule has 6 nitrogen and oxygen atoms in total. The molecule has 3 aromatic rings.